The molecule has 0 aromatic carbocycles. The van der Waals surface area contributed by atoms with Crippen LogP contribution < -0.4 is 0 Å². The first-order valence-electron chi connectivity index (χ1n) is 2.68. The van der Waals surface area contributed by atoms with E-state index in [2.05, 4.69) is 0 Å². The quantitative estimate of drug-likeness (QED) is 0.444. The molecule has 0 aromatic rings. The van der Waals surface area contributed by atoms with Crippen molar-refractivity contribution in [2.45, 2.75) is 0 Å². The number of allylic oxidation sites excluding steroid dienone is 3. The lowest BCUT2D eigenvalue weighted by molar-refractivity contribution is -0.132. The molecule has 0 saturated heterocycles. The van der Waals surface area contributed by atoms with Crippen LogP contribution in [0.4, 0.5) is 0 Å². The van der Waals surface area contributed by atoms with Gasteiger partial charge in [0.05, 0.1) is 0 Å². The molecule has 1 aliphatic heterocycles. The standard InChI is InChI=1S/C7H4O2/c8-7-4-5-2-1-3-6(5)9-7/h1-4H. The maximum Gasteiger partial charge on any atom is 0.336 e. The van der Waals surface area contributed by atoms with Crippen molar-refractivity contribution in [1.29, 1.82) is 0 Å². The van der Waals surface area contributed by atoms with Crippen LogP contribution in [0.3, 0.4) is 0 Å². The highest BCUT2D eigenvalue weighted by atomic mass is 16.5. The molecule has 0 radical (unpaired) electrons. The number of carbonyl (C=O) groups is 1. The molecule has 0 aromatic heterocycles. The second-order valence-electron chi connectivity index (χ2n) is 1.91. The van der Waals surface area contributed by atoms with Crippen LogP contribution >= 0.6 is 0 Å². The molecular formula is C7H4O2. The Morgan fingerprint density at radius 2 is 2.33 bits per heavy atom. The molecule has 2 rings (SSSR count). The Bertz CT molecular complexity index is 256. The van der Waals surface area contributed by atoms with Crippen molar-refractivity contribution in [2.75, 3.05) is 0 Å². The van der Waals surface area contributed by atoms with E-state index in [4.69, 9.17) is 4.74 Å². The van der Waals surface area contributed by atoms with Crippen LogP contribution in [0.1, 0.15) is 0 Å². The fraction of sp³-hybridized carbons (Fsp3) is 0. The zero-order chi connectivity index (χ0) is 6.27. The molecule has 1 aliphatic carbocycles. The van der Waals surface area contributed by atoms with Crippen LogP contribution in [0.25, 0.3) is 0 Å². The maximum atomic E-state index is 10.5. The average Bonchev–Trinajstić information content (AvgIpc) is 2.22. The molecule has 9 heavy (non-hydrogen) atoms. The summed E-state index contributed by atoms with van der Waals surface area (Å²) in [6, 6.07) is 0. The fourth-order valence-electron chi connectivity index (χ4n) is 0.895. The number of hydrogen-bond acceptors (Lipinski definition) is 2. The van der Waals surface area contributed by atoms with Gasteiger partial charge < -0.3 is 4.74 Å². The van der Waals surface area contributed by atoms with Crippen molar-refractivity contribution >= 4 is 5.97 Å². The van der Waals surface area contributed by atoms with E-state index in [0.717, 1.165) is 5.57 Å². The summed E-state index contributed by atoms with van der Waals surface area (Å²) in [7, 11) is 0. The normalized spacial score (nSPS) is 21.1. The van der Waals surface area contributed by atoms with Gasteiger partial charge in [-0.1, -0.05) is 12.2 Å². The monoisotopic (exact) mass is 120 g/mol. The zero-order valence-corrected chi connectivity index (χ0v) is 4.63. The molecule has 0 amide bonds. The predicted octanol–water partition coefficient (Wildman–Crippen LogP) is 0.923. The number of carbonyl (C=O) groups excluding carboxylic acids is 1. The molecule has 0 fully saturated rings. The summed E-state index contributed by atoms with van der Waals surface area (Å²) in [5.74, 6) is 0.417. The molecular weight excluding hydrogens is 116 g/mol. The molecule has 0 atom stereocenters. The number of hydrogen-bond donors (Lipinski definition) is 0. The van der Waals surface area contributed by atoms with Gasteiger partial charge in [-0.15, -0.1) is 0 Å². The molecule has 0 N–H and O–H groups in total. The molecule has 0 saturated carbocycles. The Morgan fingerprint density at radius 1 is 1.44 bits per heavy atom. The van der Waals surface area contributed by atoms with Gasteiger partial charge in [0.2, 0.25) is 0 Å². The lowest BCUT2D eigenvalue weighted by atomic mass is 10.3. The van der Waals surface area contributed by atoms with E-state index < -0.39 is 0 Å². The number of rotatable bonds is 0. The maximum absolute atomic E-state index is 10.5. The van der Waals surface area contributed by atoms with Gasteiger partial charge in [-0.25, -0.2) is 4.79 Å². The fourth-order valence-corrected chi connectivity index (χ4v) is 0.895. The van der Waals surface area contributed by atoms with Gasteiger partial charge in [0.15, 0.2) is 0 Å². The molecule has 0 bridgehead atoms. The minimum absolute atomic E-state index is 0.263. The molecule has 2 nitrogen and oxygen atoms in total. The number of esters is 1. The third kappa shape index (κ3) is 0.528. The van der Waals surface area contributed by atoms with Crippen LogP contribution in [-0.2, 0) is 9.53 Å². The number of fused-ring (bicyclic) bond motifs is 1. The molecule has 1 heterocycles. The smallest absolute Gasteiger partial charge is 0.336 e. The average molecular weight is 120 g/mol. The van der Waals surface area contributed by atoms with Crippen LogP contribution in [0.5, 0.6) is 0 Å². The Hall–Kier alpha value is -1.31. The summed E-state index contributed by atoms with van der Waals surface area (Å²) in [4.78, 5) is 10.5. The van der Waals surface area contributed by atoms with Gasteiger partial charge in [-0.2, -0.15) is 0 Å². The Kier molecular flexibility index (Phi) is 0.681. The van der Waals surface area contributed by atoms with Crippen molar-refractivity contribution in [1.82, 2.24) is 0 Å². The zero-order valence-electron chi connectivity index (χ0n) is 4.63. The van der Waals surface area contributed by atoms with Gasteiger partial charge in [0.1, 0.15) is 5.76 Å². The Labute approximate surface area is 52.1 Å². The van der Waals surface area contributed by atoms with E-state index in [0.29, 0.717) is 5.76 Å². The summed E-state index contributed by atoms with van der Waals surface area (Å²) in [6.45, 7) is 0. The Balaban J connectivity index is 2.51. The van der Waals surface area contributed by atoms with Gasteiger partial charge in [-0.3, -0.25) is 0 Å². The summed E-state index contributed by atoms with van der Waals surface area (Å²) in [5, 5.41) is 0. The van der Waals surface area contributed by atoms with Crippen molar-refractivity contribution in [3.8, 4) is 0 Å². The molecule has 44 valence electrons. The molecule has 0 unspecified atom stereocenters. The first-order valence-corrected chi connectivity index (χ1v) is 2.68. The highest BCUT2D eigenvalue weighted by molar-refractivity contribution is 5.90. The first kappa shape index (κ1) is 4.56. The Morgan fingerprint density at radius 3 is 3.11 bits per heavy atom. The van der Waals surface area contributed by atoms with E-state index >= 15 is 0 Å². The highest BCUT2D eigenvalue weighted by Gasteiger charge is 2.19. The first-order chi connectivity index (χ1) is 4.36. The SMILES string of the molecule is O=C1C=C2C=CC=C2O1. The summed E-state index contributed by atoms with van der Waals surface area (Å²) >= 11 is 0. The third-order valence-electron chi connectivity index (χ3n) is 1.29. The van der Waals surface area contributed by atoms with Crippen molar-refractivity contribution in [2.24, 2.45) is 0 Å². The van der Waals surface area contributed by atoms with Crippen LogP contribution in [0.15, 0.2) is 35.6 Å². The van der Waals surface area contributed by atoms with E-state index in [-0.39, 0.29) is 5.97 Å². The van der Waals surface area contributed by atoms with Gasteiger partial charge >= 0.3 is 5.97 Å². The van der Waals surface area contributed by atoms with Crippen LogP contribution in [0.2, 0.25) is 0 Å². The van der Waals surface area contributed by atoms with Crippen molar-refractivity contribution < 1.29 is 9.53 Å². The largest absolute Gasteiger partial charge is 0.423 e. The lowest BCUT2D eigenvalue weighted by Crippen LogP contribution is -1.88. The van der Waals surface area contributed by atoms with Gasteiger partial charge in [-0.05, 0) is 6.08 Å². The summed E-state index contributed by atoms with van der Waals surface area (Å²) < 4.78 is 4.75. The molecule has 0 spiro atoms. The van der Waals surface area contributed by atoms with E-state index in [1.54, 1.807) is 6.08 Å². The minimum atomic E-state index is -0.263. The minimum Gasteiger partial charge on any atom is -0.423 e. The second-order valence-corrected chi connectivity index (χ2v) is 1.91. The van der Waals surface area contributed by atoms with Gasteiger partial charge in [0, 0.05) is 11.6 Å². The van der Waals surface area contributed by atoms with Crippen molar-refractivity contribution in [3.05, 3.63) is 35.6 Å². The second kappa shape index (κ2) is 1.35. The molecule has 2 heteroatoms. The van der Waals surface area contributed by atoms with E-state index in [1.165, 1.54) is 6.08 Å². The number of ether oxygens (including phenoxy) is 1. The van der Waals surface area contributed by atoms with Crippen molar-refractivity contribution in [3.63, 3.8) is 0 Å². The summed E-state index contributed by atoms with van der Waals surface area (Å²) in [6.07, 6.45) is 6.96. The third-order valence-corrected chi connectivity index (χ3v) is 1.29. The summed E-state index contributed by atoms with van der Waals surface area (Å²) in [5.41, 5.74) is 0.889. The van der Waals surface area contributed by atoms with Gasteiger partial charge in [0.25, 0.3) is 0 Å². The highest BCUT2D eigenvalue weighted by Crippen LogP contribution is 2.24. The van der Waals surface area contributed by atoms with Crippen LogP contribution in [0, 0.1) is 0 Å². The predicted molar refractivity (Wildman–Crippen MR) is 31.4 cm³/mol. The van der Waals surface area contributed by atoms with E-state index in [1.807, 2.05) is 12.2 Å². The topological polar surface area (TPSA) is 26.3 Å². The van der Waals surface area contributed by atoms with E-state index in [9.17, 15) is 4.79 Å². The lowest BCUT2D eigenvalue weighted by Gasteiger charge is -1.90. The van der Waals surface area contributed by atoms with Crippen LogP contribution in [-0.4, -0.2) is 5.97 Å². The molecule has 2 aliphatic rings.